The Morgan fingerprint density at radius 2 is 1.87 bits per heavy atom. The Bertz CT molecular complexity index is 548. The van der Waals surface area contributed by atoms with Crippen molar-refractivity contribution in [2.24, 2.45) is 0 Å². The van der Waals surface area contributed by atoms with Gasteiger partial charge in [0.2, 0.25) is 0 Å². The van der Waals surface area contributed by atoms with E-state index in [4.69, 9.17) is 17.3 Å². The molecule has 0 spiro atoms. The summed E-state index contributed by atoms with van der Waals surface area (Å²) in [6.45, 7) is 0. The van der Waals surface area contributed by atoms with E-state index in [1.807, 2.05) is 18.2 Å². The van der Waals surface area contributed by atoms with Gasteiger partial charge in [-0.05, 0) is 12.1 Å². The number of hydrogen-bond donors (Lipinski definition) is 2. The van der Waals surface area contributed by atoms with Crippen LogP contribution in [0.2, 0.25) is 5.02 Å². The summed E-state index contributed by atoms with van der Waals surface area (Å²) in [5.41, 5.74) is 6.99. The number of halogens is 1. The lowest BCUT2D eigenvalue weighted by Gasteiger charge is -2.05. The quantitative estimate of drug-likeness (QED) is 0.775. The highest BCUT2D eigenvalue weighted by Gasteiger charge is 2.07. The van der Waals surface area contributed by atoms with Crippen LogP contribution in [0.1, 0.15) is 0 Å². The van der Waals surface area contributed by atoms with Crippen LogP contribution in [-0.4, -0.2) is 4.98 Å². The molecule has 0 aliphatic rings. The topological polar surface area (TPSA) is 58.9 Å². The Kier molecular flexibility index (Phi) is 2.47. The summed E-state index contributed by atoms with van der Waals surface area (Å²) in [6.07, 6.45) is 1.55. The summed E-state index contributed by atoms with van der Waals surface area (Å²) in [5.74, 6) is 0. The molecule has 1 heterocycles. The second-order valence-corrected chi connectivity index (χ2v) is 3.52. The maximum Gasteiger partial charge on any atom is 0.271 e. The summed E-state index contributed by atoms with van der Waals surface area (Å²) in [5, 5.41) is 0.579. The second-order valence-electron chi connectivity index (χ2n) is 3.11. The lowest BCUT2D eigenvalue weighted by Crippen LogP contribution is -2.11. The number of aromatic amines is 1. The van der Waals surface area contributed by atoms with Gasteiger partial charge >= 0.3 is 0 Å². The molecule has 0 aliphatic heterocycles. The van der Waals surface area contributed by atoms with Gasteiger partial charge < -0.3 is 10.7 Å². The van der Waals surface area contributed by atoms with Crippen molar-refractivity contribution in [3.05, 3.63) is 51.9 Å². The lowest BCUT2D eigenvalue weighted by atomic mass is 10.1. The van der Waals surface area contributed by atoms with E-state index >= 15 is 0 Å². The first-order valence-corrected chi connectivity index (χ1v) is 4.80. The molecule has 0 aliphatic carbocycles. The average Bonchev–Trinajstić information content (AvgIpc) is 2.23. The Morgan fingerprint density at radius 1 is 1.13 bits per heavy atom. The van der Waals surface area contributed by atoms with Crippen molar-refractivity contribution in [2.45, 2.75) is 0 Å². The highest BCUT2D eigenvalue weighted by molar-refractivity contribution is 6.33. The largest absolute Gasteiger partial charge is 0.394 e. The van der Waals surface area contributed by atoms with Crippen LogP contribution in [0.3, 0.4) is 0 Å². The number of H-pyrrole nitrogens is 1. The predicted octanol–water partition coefficient (Wildman–Crippen LogP) is 2.28. The Labute approximate surface area is 91.5 Å². The van der Waals surface area contributed by atoms with E-state index in [1.165, 1.54) is 0 Å². The zero-order valence-corrected chi connectivity index (χ0v) is 8.58. The molecule has 15 heavy (non-hydrogen) atoms. The van der Waals surface area contributed by atoms with Crippen molar-refractivity contribution < 1.29 is 0 Å². The van der Waals surface area contributed by atoms with Crippen molar-refractivity contribution in [3.63, 3.8) is 0 Å². The third-order valence-corrected chi connectivity index (χ3v) is 2.49. The molecular weight excluding hydrogens is 212 g/mol. The molecule has 0 saturated heterocycles. The van der Waals surface area contributed by atoms with Gasteiger partial charge in [0, 0.05) is 22.3 Å². The molecule has 2 aromatic rings. The maximum atomic E-state index is 11.3. The van der Waals surface area contributed by atoms with Gasteiger partial charge in [0.05, 0.1) is 0 Å². The summed E-state index contributed by atoms with van der Waals surface area (Å²) in [7, 11) is 0. The van der Waals surface area contributed by atoms with Gasteiger partial charge in [0.15, 0.2) is 0 Å². The monoisotopic (exact) mass is 220 g/mol. The molecule has 0 unspecified atom stereocenters. The van der Waals surface area contributed by atoms with Crippen LogP contribution in [0, 0.1) is 0 Å². The second kappa shape index (κ2) is 3.79. The molecule has 1 aromatic heterocycles. The van der Waals surface area contributed by atoms with Gasteiger partial charge in [-0.25, -0.2) is 0 Å². The highest BCUT2D eigenvalue weighted by Crippen LogP contribution is 2.29. The van der Waals surface area contributed by atoms with Crippen molar-refractivity contribution in [2.75, 3.05) is 5.73 Å². The Hall–Kier alpha value is -1.74. The number of pyridine rings is 1. The number of benzene rings is 1. The molecule has 0 bridgehead atoms. The summed E-state index contributed by atoms with van der Waals surface area (Å²) < 4.78 is 0. The zero-order chi connectivity index (χ0) is 10.8. The molecule has 3 N–H and O–H groups in total. The third-order valence-electron chi connectivity index (χ3n) is 2.16. The molecule has 0 fully saturated rings. The van der Waals surface area contributed by atoms with E-state index in [2.05, 4.69) is 4.98 Å². The van der Waals surface area contributed by atoms with Crippen LogP contribution < -0.4 is 11.3 Å². The predicted molar refractivity (Wildman–Crippen MR) is 61.9 cm³/mol. The highest BCUT2D eigenvalue weighted by atomic mass is 35.5. The number of nitrogens with one attached hydrogen (secondary N) is 1. The van der Waals surface area contributed by atoms with E-state index in [9.17, 15) is 4.79 Å². The van der Waals surface area contributed by atoms with Crippen LogP contribution >= 0.6 is 11.6 Å². The number of rotatable bonds is 1. The molecule has 3 nitrogen and oxygen atoms in total. The summed E-state index contributed by atoms with van der Waals surface area (Å²) >= 11 is 6.02. The number of hydrogen-bond acceptors (Lipinski definition) is 2. The fourth-order valence-electron chi connectivity index (χ4n) is 1.41. The first-order valence-electron chi connectivity index (χ1n) is 4.42. The number of nitrogens with two attached hydrogens (primary N) is 1. The van der Waals surface area contributed by atoms with E-state index < -0.39 is 0 Å². The fourth-order valence-corrected chi connectivity index (χ4v) is 1.64. The normalized spacial score (nSPS) is 10.2. The van der Waals surface area contributed by atoms with Crippen molar-refractivity contribution in [3.8, 4) is 11.1 Å². The van der Waals surface area contributed by atoms with Gasteiger partial charge in [-0.3, -0.25) is 4.79 Å². The fraction of sp³-hybridized carbons (Fsp3) is 0. The van der Waals surface area contributed by atoms with Crippen LogP contribution in [0.5, 0.6) is 0 Å². The SMILES string of the molecule is Nc1c(-c2ccccc2Cl)cc[nH]c1=O. The van der Waals surface area contributed by atoms with Crippen LogP contribution in [0.4, 0.5) is 5.69 Å². The van der Waals surface area contributed by atoms with Gasteiger partial charge in [0.25, 0.3) is 5.56 Å². The molecule has 0 radical (unpaired) electrons. The molecular formula is C11H9ClN2O. The van der Waals surface area contributed by atoms with Gasteiger partial charge in [0.1, 0.15) is 5.69 Å². The zero-order valence-electron chi connectivity index (χ0n) is 7.83. The van der Waals surface area contributed by atoms with Gasteiger partial charge in [-0.2, -0.15) is 0 Å². The number of anilines is 1. The Balaban J connectivity index is 2.70. The molecule has 0 amide bonds. The first-order chi connectivity index (χ1) is 7.20. The van der Waals surface area contributed by atoms with Crippen molar-refractivity contribution in [1.29, 1.82) is 0 Å². The van der Waals surface area contributed by atoms with E-state index in [0.29, 0.717) is 10.6 Å². The summed E-state index contributed by atoms with van der Waals surface area (Å²) in [4.78, 5) is 13.8. The van der Waals surface area contributed by atoms with Crippen molar-refractivity contribution >= 4 is 17.3 Å². The molecule has 1 aromatic carbocycles. The lowest BCUT2D eigenvalue weighted by molar-refractivity contribution is 1.25. The third kappa shape index (κ3) is 1.74. The molecule has 76 valence electrons. The minimum absolute atomic E-state index is 0.186. The minimum Gasteiger partial charge on any atom is -0.394 e. The standard InChI is InChI=1S/C11H9ClN2O/c12-9-4-2-1-3-7(9)8-5-6-14-11(15)10(8)13/h1-6H,13H2,(H,14,15). The number of nitrogen functional groups attached to an aromatic ring is 1. The Morgan fingerprint density at radius 3 is 2.60 bits per heavy atom. The molecule has 0 atom stereocenters. The smallest absolute Gasteiger partial charge is 0.271 e. The average molecular weight is 221 g/mol. The number of aromatic nitrogens is 1. The summed E-state index contributed by atoms with van der Waals surface area (Å²) in [6, 6.07) is 9.00. The molecule has 4 heteroatoms. The van der Waals surface area contributed by atoms with Gasteiger partial charge in [-0.1, -0.05) is 29.8 Å². The van der Waals surface area contributed by atoms with Crippen molar-refractivity contribution in [1.82, 2.24) is 4.98 Å². The first kappa shape index (κ1) is 9.80. The molecule has 2 rings (SSSR count). The maximum absolute atomic E-state index is 11.3. The van der Waals surface area contributed by atoms with E-state index in [0.717, 1.165) is 5.56 Å². The minimum atomic E-state index is -0.299. The van der Waals surface area contributed by atoms with E-state index in [1.54, 1.807) is 18.3 Å². The molecule has 0 saturated carbocycles. The van der Waals surface area contributed by atoms with Crippen LogP contribution in [0.15, 0.2) is 41.3 Å². The van der Waals surface area contributed by atoms with Crippen LogP contribution in [0.25, 0.3) is 11.1 Å². The van der Waals surface area contributed by atoms with Gasteiger partial charge in [-0.15, -0.1) is 0 Å². The van der Waals surface area contributed by atoms with Crippen LogP contribution in [-0.2, 0) is 0 Å². The van der Waals surface area contributed by atoms with E-state index in [-0.39, 0.29) is 11.2 Å².